The molecule has 13 heavy (non-hydrogen) atoms. The van der Waals surface area contributed by atoms with Crippen LogP contribution in [0.2, 0.25) is 0 Å². The molecule has 0 radical (unpaired) electrons. The van der Waals surface area contributed by atoms with Crippen LogP contribution in [-0.4, -0.2) is 12.6 Å². The minimum atomic E-state index is -0.474. The lowest BCUT2D eigenvalue weighted by Gasteiger charge is -1.97. The topological polar surface area (TPSA) is 26.3 Å². The summed E-state index contributed by atoms with van der Waals surface area (Å²) in [5.74, 6) is -0.474. The minimum absolute atomic E-state index is 0.115. The van der Waals surface area contributed by atoms with Crippen LogP contribution in [0.5, 0.6) is 0 Å². The molecule has 0 aromatic carbocycles. The van der Waals surface area contributed by atoms with Gasteiger partial charge in [-0.1, -0.05) is 17.7 Å². The van der Waals surface area contributed by atoms with E-state index in [1.807, 2.05) is 17.5 Å². The average Bonchev–Trinajstić information content (AvgIpc) is 2.57. The number of esters is 1. The van der Waals surface area contributed by atoms with Crippen LogP contribution in [0, 0.1) is 0 Å². The molecule has 0 saturated carbocycles. The highest BCUT2D eigenvalue weighted by molar-refractivity contribution is 7.10. The zero-order valence-corrected chi connectivity index (χ0v) is 8.69. The second-order valence-corrected chi connectivity index (χ2v) is 3.61. The van der Waals surface area contributed by atoms with Crippen LogP contribution in [0.4, 0.5) is 0 Å². The average molecular weight is 217 g/mol. The summed E-state index contributed by atoms with van der Waals surface area (Å²) < 4.78 is 4.72. The molecule has 0 aliphatic heterocycles. The molecule has 0 fully saturated rings. The highest BCUT2D eigenvalue weighted by Gasteiger charge is 2.06. The fourth-order valence-corrected chi connectivity index (χ4v) is 1.65. The first-order chi connectivity index (χ1) is 6.24. The quantitative estimate of drug-likeness (QED) is 0.574. The lowest BCUT2D eigenvalue weighted by atomic mass is 10.4. The van der Waals surface area contributed by atoms with Gasteiger partial charge in [0.15, 0.2) is 0 Å². The van der Waals surface area contributed by atoms with Crippen LogP contribution in [-0.2, 0) is 9.53 Å². The van der Waals surface area contributed by atoms with Gasteiger partial charge in [-0.2, -0.15) is 0 Å². The summed E-state index contributed by atoms with van der Waals surface area (Å²) in [6, 6.07) is 3.78. The van der Waals surface area contributed by atoms with Gasteiger partial charge in [-0.25, -0.2) is 4.79 Å². The lowest BCUT2D eigenvalue weighted by molar-refractivity contribution is -0.137. The van der Waals surface area contributed by atoms with Crippen molar-refractivity contribution in [2.45, 2.75) is 6.92 Å². The van der Waals surface area contributed by atoms with Gasteiger partial charge in [0.05, 0.1) is 6.61 Å². The van der Waals surface area contributed by atoms with Crippen LogP contribution < -0.4 is 0 Å². The number of ether oxygens (including phenoxy) is 1. The van der Waals surface area contributed by atoms with Crippen molar-refractivity contribution < 1.29 is 9.53 Å². The molecular formula is C9H9ClO2S. The predicted octanol–water partition coefficient (Wildman–Crippen LogP) is 2.89. The normalized spacial score (nSPS) is 11.4. The van der Waals surface area contributed by atoms with Crippen LogP contribution in [0.3, 0.4) is 0 Å². The molecule has 1 aromatic heterocycles. The Morgan fingerprint density at radius 2 is 2.54 bits per heavy atom. The number of hydrogen-bond acceptors (Lipinski definition) is 3. The van der Waals surface area contributed by atoms with Crippen molar-refractivity contribution in [3.8, 4) is 0 Å². The predicted molar refractivity (Wildman–Crippen MR) is 54.8 cm³/mol. The third-order valence-electron chi connectivity index (χ3n) is 1.28. The lowest BCUT2D eigenvalue weighted by Crippen LogP contribution is -2.02. The third kappa shape index (κ3) is 3.20. The van der Waals surface area contributed by atoms with E-state index in [2.05, 4.69) is 0 Å². The zero-order chi connectivity index (χ0) is 9.68. The number of halogens is 1. The third-order valence-corrected chi connectivity index (χ3v) is 2.37. The monoisotopic (exact) mass is 216 g/mol. The van der Waals surface area contributed by atoms with Gasteiger partial charge in [0.1, 0.15) is 5.03 Å². The SMILES string of the molecule is CCOC(=O)/C(Cl)=C/c1cccs1. The fraction of sp³-hybridized carbons (Fsp3) is 0.222. The molecule has 70 valence electrons. The largest absolute Gasteiger partial charge is 0.462 e. The summed E-state index contributed by atoms with van der Waals surface area (Å²) in [7, 11) is 0. The minimum Gasteiger partial charge on any atom is -0.462 e. The molecule has 0 bridgehead atoms. The zero-order valence-electron chi connectivity index (χ0n) is 7.12. The van der Waals surface area contributed by atoms with Crippen molar-refractivity contribution in [3.63, 3.8) is 0 Å². The Kier molecular flexibility index (Phi) is 3.99. The van der Waals surface area contributed by atoms with Gasteiger partial charge in [0.2, 0.25) is 0 Å². The Labute approximate surface area is 85.8 Å². The Balaban J connectivity index is 2.66. The molecule has 4 heteroatoms. The summed E-state index contributed by atoms with van der Waals surface area (Å²) >= 11 is 7.21. The molecule has 0 atom stereocenters. The molecule has 1 aromatic rings. The van der Waals surface area contributed by atoms with Crippen molar-refractivity contribution in [3.05, 3.63) is 27.4 Å². The first-order valence-electron chi connectivity index (χ1n) is 3.82. The molecule has 0 unspecified atom stereocenters. The highest BCUT2D eigenvalue weighted by atomic mass is 35.5. The van der Waals surface area contributed by atoms with Crippen LogP contribution >= 0.6 is 22.9 Å². The molecule has 0 N–H and O–H groups in total. The molecule has 0 amide bonds. The molecular weight excluding hydrogens is 208 g/mol. The van der Waals surface area contributed by atoms with Gasteiger partial charge >= 0.3 is 5.97 Å². The maximum absolute atomic E-state index is 11.1. The van der Waals surface area contributed by atoms with Gasteiger partial charge in [0.25, 0.3) is 0 Å². The van der Waals surface area contributed by atoms with E-state index in [1.54, 1.807) is 13.0 Å². The van der Waals surface area contributed by atoms with E-state index in [4.69, 9.17) is 16.3 Å². The van der Waals surface area contributed by atoms with Crippen LogP contribution in [0.15, 0.2) is 22.5 Å². The smallest absolute Gasteiger partial charge is 0.349 e. The fourth-order valence-electron chi connectivity index (χ4n) is 0.757. The summed E-state index contributed by atoms with van der Waals surface area (Å²) in [4.78, 5) is 12.0. The first-order valence-corrected chi connectivity index (χ1v) is 5.07. The first kappa shape index (κ1) is 10.3. The van der Waals surface area contributed by atoms with Crippen molar-refractivity contribution in [2.75, 3.05) is 6.61 Å². The summed E-state index contributed by atoms with van der Waals surface area (Å²) in [5, 5.41) is 2.03. The Hall–Kier alpha value is -0.800. The number of thiophene rings is 1. The summed E-state index contributed by atoms with van der Waals surface area (Å²) in [6.07, 6.45) is 1.60. The Bertz CT molecular complexity index is 303. The number of hydrogen-bond donors (Lipinski definition) is 0. The van der Waals surface area contributed by atoms with Crippen molar-refractivity contribution in [2.24, 2.45) is 0 Å². The molecule has 0 aliphatic carbocycles. The van der Waals surface area contributed by atoms with Crippen LogP contribution in [0.1, 0.15) is 11.8 Å². The second kappa shape index (κ2) is 5.04. The summed E-state index contributed by atoms with van der Waals surface area (Å²) in [5.41, 5.74) is 0. The van der Waals surface area contributed by atoms with Crippen LogP contribution in [0.25, 0.3) is 6.08 Å². The van der Waals surface area contributed by atoms with Gasteiger partial charge in [0, 0.05) is 4.88 Å². The van der Waals surface area contributed by atoms with Crippen molar-refractivity contribution in [1.29, 1.82) is 0 Å². The Morgan fingerprint density at radius 3 is 3.08 bits per heavy atom. The van der Waals surface area contributed by atoms with E-state index in [1.165, 1.54) is 11.3 Å². The standard InChI is InChI=1S/C9H9ClO2S/c1-2-12-9(11)8(10)6-7-4-3-5-13-7/h3-6H,2H2,1H3/b8-6-. The molecule has 1 heterocycles. The van der Waals surface area contributed by atoms with E-state index in [-0.39, 0.29) is 5.03 Å². The van der Waals surface area contributed by atoms with Gasteiger partial charge in [-0.15, -0.1) is 11.3 Å². The van der Waals surface area contributed by atoms with Gasteiger partial charge in [-0.3, -0.25) is 0 Å². The highest BCUT2D eigenvalue weighted by Crippen LogP contribution is 2.16. The van der Waals surface area contributed by atoms with E-state index >= 15 is 0 Å². The summed E-state index contributed by atoms with van der Waals surface area (Å²) in [6.45, 7) is 2.08. The van der Waals surface area contributed by atoms with Crippen molar-refractivity contribution in [1.82, 2.24) is 0 Å². The van der Waals surface area contributed by atoms with E-state index in [9.17, 15) is 4.79 Å². The van der Waals surface area contributed by atoms with E-state index in [0.717, 1.165) is 4.88 Å². The Morgan fingerprint density at radius 1 is 1.77 bits per heavy atom. The second-order valence-electron chi connectivity index (χ2n) is 2.23. The van der Waals surface area contributed by atoms with E-state index < -0.39 is 5.97 Å². The maximum Gasteiger partial charge on any atom is 0.349 e. The molecule has 0 aliphatic rings. The molecule has 2 nitrogen and oxygen atoms in total. The number of carbonyl (C=O) groups is 1. The maximum atomic E-state index is 11.1. The van der Waals surface area contributed by atoms with Gasteiger partial charge < -0.3 is 4.74 Å². The van der Waals surface area contributed by atoms with Crippen molar-refractivity contribution >= 4 is 35.0 Å². The van der Waals surface area contributed by atoms with Gasteiger partial charge in [-0.05, 0) is 24.4 Å². The van der Waals surface area contributed by atoms with E-state index in [0.29, 0.717) is 6.61 Å². The number of carbonyl (C=O) groups excluding carboxylic acids is 1. The molecule has 1 rings (SSSR count). The number of rotatable bonds is 3. The molecule has 0 spiro atoms. The molecule has 0 saturated heterocycles.